The highest BCUT2D eigenvalue weighted by Crippen LogP contribution is 2.36. The van der Waals surface area contributed by atoms with E-state index in [4.69, 9.17) is 0 Å². The van der Waals surface area contributed by atoms with Crippen molar-refractivity contribution in [2.75, 3.05) is 39.3 Å². The zero-order valence-electron chi connectivity index (χ0n) is 20.5. The van der Waals surface area contributed by atoms with Crippen LogP contribution in [0.25, 0.3) is 22.0 Å². The van der Waals surface area contributed by atoms with Gasteiger partial charge in [0.1, 0.15) is 5.82 Å². The lowest BCUT2D eigenvalue weighted by Gasteiger charge is -2.34. The molecule has 0 unspecified atom stereocenters. The van der Waals surface area contributed by atoms with Gasteiger partial charge in [-0.2, -0.15) is 0 Å². The maximum atomic E-state index is 13.5. The summed E-state index contributed by atoms with van der Waals surface area (Å²) in [6, 6.07) is 14.4. The van der Waals surface area contributed by atoms with Crippen molar-refractivity contribution < 1.29 is 9.18 Å². The van der Waals surface area contributed by atoms with Crippen molar-refractivity contribution >= 4 is 16.9 Å². The van der Waals surface area contributed by atoms with Crippen molar-refractivity contribution in [3.63, 3.8) is 0 Å². The molecule has 0 spiro atoms. The first kappa shape index (κ1) is 22.9. The number of likely N-dealkylation sites (tertiary alicyclic amines) is 1. The number of nitrogens with zero attached hydrogens (tertiary/aromatic N) is 4. The van der Waals surface area contributed by atoms with Gasteiger partial charge in [-0.1, -0.05) is 23.8 Å². The van der Waals surface area contributed by atoms with Crippen LogP contribution in [-0.2, 0) is 0 Å². The van der Waals surface area contributed by atoms with Gasteiger partial charge in [0, 0.05) is 74.0 Å². The van der Waals surface area contributed by atoms with Crippen LogP contribution in [-0.4, -0.2) is 70.6 Å². The SMILES string of the molecule is Cc1ccc2c(c1)c(-c1ccc(F)cc1)cn2C1CCN(CCN2CCN(C(C)C)C2=O)CC1. The molecule has 0 bridgehead atoms. The number of carbonyl (C=O) groups is 1. The van der Waals surface area contributed by atoms with Crippen molar-refractivity contribution in [1.29, 1.82) is 0 Å². The van der Waals surface area contributed by atoms with Crippen molar-refractivity contribution in [3.8, 4) is 11.1 Å². The second-order valence-corrected chi connectivity index (χ2v) is 10.1. The van der Waals surface area contributed by atoms with E-state index in [1.807, 2.05) is 21.9 Å². The molecule has 2 saturated heterocycles. The molecule has 2 aromatic carbocycles. The van der Waals surface area contributed by atoms with Crippen LogP contribution in [0.3, 0.4) is 0 Å². The third kappa shape index (κ3) is 4.43. The Labute approximate surface area is 201 Å². The van der Waals surface area contributed by atoms with Crippen LogP contribution < -0.4 is 0 Å². The predicted molar refractivity (Wildman–Crippen MR) is 136 cm³/mol. The lowest BCUT2D eigenvalue weighted by molar-refractivity contribution is 0.158. The number of aromatic nitrogens is 1. The second kappa shape index (κ2) is 9.41. The first-order valence-corrected chi connectivity index (χ1v) is 12.6. The van der Waals surface area contributed by atoms with E-state index < -0.39 is 0 Å². The minimum atomic E-state index is -0.205. The van der Waals surface area contributed by atoms with Crippen LogP contribution in [0.4, 0.5) is 9.18 Å². The van der Waals surface area contributed by atoms with Crippen LogP contribution in [0.5, 0.6) is 0 Å². The minimum absolute atomic E-state index is 0.187. The zero-order valence-corrected chi connectivity index (χ0v) is 20.5. The van der Waals surface area contributed by atoms with Gasteiger partial charge in [-0.3, -0.25) is 0 Å². The molecule has 34 heavy (non-hydrogen) atoms. The Balaban J connectivity index is 1.27. The number of amides is 2. The van der Waals surface area contributed by atoms with Gasteiger partial charge < -0.3 is 19.3 Å². The molecule has 180 valence electrons. The molecular weight excluding hydrogens is 427 g/mol. The van der Waals surface area contributed by atoms with E-state index >= 15 is 0 Å². The first-order chi connectivity index (χ1) is 16.4. The van der Waals surface area contributed by atoms with E-state index in [-0.39, 0.29) is 17.9 Å². The fourth-order valence-electron chi connectivity index (χ4n) is 5.50. The molecule has 0 saturated carbocycles. The molecule has 1 aromatic heterocycles. The molecule has 0 atom stereocenters. The molecule has 2 aliphatic heterocycles. The Bertz CT molecular complexity index is 1160. The van der Waals surface area contributed by atoms with Gasteiger partial charge in [0.05, 0.1) is 0 Å². The summed E-state index contributed by atoms with van der Waals surface area (Å²) in [5.41, 5.74) is 4.71. The highest BCUT2D eigenvalue weighted by molar-refractivity contribution is 5.96. The van der Waals surface area contributed by atoms with Gasteiger partial charge >= 0.3 is 6.03 Å². The van der Waals surface area contributed by atoms with Crippen molar-refractivity contribution in [1.82, 2.24) is 19.3 Å². The number of urea groups is 1. The van der Waals surface area contributed by atoms with Crippen molar-refractivity contribution in [2.24, 2.45) is 0 Å². The number of hydrogen-bond acceptors (Lipinski definition) is 2. The Kier molecular flexibility index (Phi) is 6.34. The number of halogens is 1. The molecule has 0 radical (unpaired) electrons. The maximum Gasteiger partial charge on any atom is 0.320 e. The molecule has 5 nitrogen and oxygen atoms in total. The number of fused-ring (bicyclic) bond motifs is 1. The van der Waals surface area contributed by atoms with Crippen LogP contribution in [0.2, 0.25) is 0 Å². The summed E-state index contributed by atoms with van der Waals surface area (Å²) in [5, 5.41) is 1.23. The Morgan fingerprint density at radius 1 is 0.971 bits per heavy atom. The van der Waals surface area contributed by atoms with Gasteiger partial charge in [-0.05, 0) is 63.4 Å². The van der Waals surface area contributed by atoms with Crippen molar-refractivity contribution in [2.45, 2.75) is 45.7 Å². The number of aryl methyl sites for hydroxylation is 1. The van der Waals surface area contributed by atoms with Gasteiger partial charge in [-0.15, -0.1) is 0 Å². The Morgan fingerprint density at radius 3 is 2.38 bits per heavy atom. The zero-order chi connectivity index (χ0) is 23.8. The van der Waals surface area contributed by atoms with E-state index in [9.17, 15) is 9.18 Å². The fourth-order valence-corrected chi connectivity index (χ4v) is 5.50. The predicted octanol–water partition coefficient (Wildman–Crippen LogP) is 5.54. The normalized spacial score (nSPS) is 18.1. The standard InChI is InChI=1S/C28H35FN4O/c1-20(2)32-17-16-31(28(32)34)15-14-30-12-10-24(11-13-30)33-19-26(22-5-7-23(29)8-6-22)25-18-21(3)4-9-27(25)33/h4-9,18-20,24H,10-17H2,1-3H3. The topological polar surface area (TPSA) is 31.7 Å². The van der Waals surface area contributed by atoms with Gasteiger partial charge in [0.25, 0.3) is 0 Å². The quantitative estimate of drug-likeness (QED) is 0.482. The summed E-state index contributed by atoms with van der Waals surface area (Å²) >= 11 is 0. The number of piperidine rings is 1. The number of hydrogen-bond donors (Lipinski definition) is 0. The summed E-state index contributed by atoms with van der Waals surface area (Å²) in [6.07, 6.45) is 4.44. The number of benzene rings is 2. The number of rotatable bonds is 6. The second-order valence-electron chi connectivity index (χ2n) is 10.1. The first-order valence-electron chi connectivity index (χ1n) is 12.6. The summed E-state index contributed by atoms with van der Waals surface area (Å²) in [6.45, 7) is 11.8. The molecule has 0 N–H and O–H groups in total. The van der Waals surface area contributed by atoms with E-state index in [1.165, 1.54) is 34.2 Å². The highest BCUT2D eigenvalue weighted by atomic mass is 19.1. The molecule has 6 heteroatoms. The van der Waals surface area contributed by atoms with Crippen LogP contribution >= 0.6 is 0 Å². The average Bonchev–Trinajstić information content (AvgIpc) is 3.39. The summed E-state index contributed by atoms with van der Waals surface area (Å²) in [5.74, 6) is -0.205. The highest BCUT2D eigenvalue weighted by Gasteiger charge is 2.30. The van der Waals surface area contributed by atoms with E-state index in [0.717, 1.165) is 57.7 Å². The molecule has 2 amide bonds. The van der Waals surface area contributed by atoms with Crippen LogP contribution in [0.15, 0.2) is 48.7 Å². The third-order valence-electron chi connectivity index (χ3n) is 7.53. The van der Waals surface area contributed by atoms with Gasteiger partial charge in [0.2, 0.25) is 0 Å². The third-order valence-corrected chi connectivity index (χ3v) is 7.53. The molecule has 3 aromatic rings. The van der Waals surface area contributed by atoms with E-state index in [2.05, 4.69) is 54.6 Å². The monoisotopic (exact) mass is 462 g/mol. The molecule has 5 rings (SSSR count). The van der Waals surface area contributed by atoms with Crippen LogP contribution in [0, 0.1) is 12.7 Å². The lowest BCUT2D eigenvalue weighted by Crippen LogP contribution is -2.42. The van der Waals surface area contributed by atoms with Crippen LogP contribution in [0.1, 0.15) is 38.3 Å². The van der Waals surface area contributed by atoms with Gasteiger partial charge in [-0.25, -0.2) is 9.18 Å². The molecule has 2 aliphatic rings. The summed E-state index contributed by atoms with van der Waals surface area (Å²) in [7, 11) is 0. The molecule has 3 heterocycles. The smallest absolute Gasteiger partial charge is 0.320 e. The van der Waals surface area contributed by atoms with E-state index in [0.29, 0.717) is 6.04 Å². The maximum absolute atomic E-state index is 13.5. The van der Waals surface area contributed by atoms with Gasteiger partial charge in [0.15, 0.2) is 0 Å². The molecule has 2 fully saturated rings. The largest absolute Gasteiger partial charge is 0.344 e. The summed E-state index contributed by atoms with van der Waals surface area (Å²) in [4.78, 5) is 19.0. The fraction of sp³-hybridized carbons (Fsp3) is 0.464. The molecular formula is C28H35FN4O. The van der Waals surface area contributed by atoms with Crippen molar-refractivity contribution in [3.05, 3.63) is 60.0 Å². The number of carbonyl (C=O) groups excluding carboxylic acids is 1. The Morgan fingerprint density at radius 2 is 1.71 bits per heavy atom. The Hall–Kier alpha value is -2.86. The minimum Gasteiger partial charge on any atom is -0.344 e. The summed E-state index contributed by atoms with van der Waals surface area (Å²) < 4.78 is 16.0. The molecule has 0 aliphatic carbocycles. The lowest BCUT2D eigenvalue weighted by atomic mass is 10.0. The van der Waals surface area contributed by atoms with E-state index in [1.54, 1.807) is 0 Å². The average molecular weight is 463 g/mol.